The lowest BCUT2D eigenvalue weighted by molar-refractivity contribution is 0.0980. The number of furan rings is 3. The quantitative estimate of drug-likeness (QED) is 0.623. The van der Waals surface area contributed by atoms with Crippen LogP contribution in [0.1, 0.15) is 75.6 Å². The highest BCUT2D eigenvalue weighted by atomic mass is 16.4. The number of ketones is 3. The second-order valence-electron chi connectivity index (χ2n) is 5.71. The Labute approximate surface area is 143 Å². The van der Waals surface area contributed by atoms with E-state index in [-0.39, 0.29) is 34.6 Å². The van der Waals surface area contributed by atoms with Gasteiger partial charge in [0, 0.05) is 20.8 Å². The van der Waals surface area contributed by atoms with Gasteiger partial charge in [0.1, 0.15) is 23.2 Å². The summed E-state index contributed by atoms with van der Waals surface area (Å²) in [4.78, 5) is 34.5. The Bertz CT molecular complexity index is 828. The fourth-order valence-electron chi connectivity index (χ4n) is 2.51. The van der Waals surface area contributed by atoms with Gasteiger partial charge in [-0.25, -0.2) is 0 Å². The zero-order chi connectivity index (χ0) is 18.1. The van der Waals surface area contributed by atoms with Gasteiger partial charge in [-0.2, -0.15) is 0 Å². The molecule has 3 aromatic heterocycles. The molecular weight excluding hydrogens is 324 g/mol. The molecule has 0 aliphatic rings. The smallest absolute Gasteiger partial charge is 0.194 e. The molecule has 0 amide bonds. The fourth-order valence-corrected chi connectivity index (χ4v) is 2.51. The van der Waals surface area contributed by atoms with Gasteiger partial charge >= 0.3 is 0 Å². The molecule has 0 bridgehead atoms. The summed E-state index contributed by atoms with van der Waals surface area (Å²) in [5, 5.41) is 0. The molecule has 6 nitrogen and oxygen atoms in total. The van der Waals surface area contributed by atoms with Crippen molar-refractivity contribution in [2.24, 2.45) is 0 Å². The van der Waals surface area contributed by atoms with E-state index < -0.39 is 5.92 Å². The van der Waals surface area contributed by atoms with E-state index in [9.17, 15) is 14.4 Å². The normalized spacial score (nSPS) is 11.0. The molecule has 0 fully saturated rings. The number of carbonyl (C=O) groups excluding carboxylic acids is 3. The third kappa shape index (κ3) is 3.24. The Morgan fingerprint density at radius 2 is 0.880 bits per heavy atom. The van der Waals surface area contributed by atoms with Crippen LogP contribution in [0.4, 0.5) is 0 Å². The minimum Gasteiger partial charge on any atom is -0.457 e. The highest BCUT2D eigenvalue weighted by Crippen LogP contribution is 2.35. The van der Waals surface area contributed by atoms with Crippen molar-refractivity contribution in [1.29, 1.82) is 0 Å². The lowest BCUT2D eigenvalue weighted by atomic mass is 10.0. The summed E-state index contributed by atoms with van der Waals surface area (Å²) in [6.45, 7) is 4.21. The first-order valence-electron chi connectivity index (χ1n) is 7.69. The lowest BCUT2D eigenvalue weighted by Crippen LogP contribution is -2.00. The summed E-state index contributed by atoms with van der Waals surface area (Å²) < 4.78 is 16.8. The van der Waals surface area contributed by atoms with E-state index in [1.165, 1.54) is 20.8 Å². The van der Waals surface area contributed by atoms with Gasteiger partial charge in [-0.3, -0.25) is 14.4 Å². The van der Waals surface area contributed by atoms with Gasteiger partial charge in [0.15, 0.2) is 34.6 Å². The van der Waals surface area contributed by atoms with Crippen molar-refractivity contribution in [3.8, 4) is 0 Å². The summed E-state index contributed by atoms with van der Waals surface area (Å²) >= 11 is 0. The molecule has 0 atom stereocenters. The Balaban J connectivity index is 2.10. The minimum atomic E-state index is -0.616. The van der Waals surface area contributed by atoms with Crippen LogP contribution in [0.5, 0.6) is 0 Å². The molecule has 25 heavy (non-hydrogen) atoms. The van der Waals surface area contributed by atoms with Crippen molar-refractivity contribution < 1.29 is 27.6 Å². The zero-order valence-electron chi connectivity index (χ0n) is 14.0. The average Bonchev–Trinajstić information content (AvgIpc) is 3.28. The summed E-state index contributed by atoms with van der Waals surface area (Å²) in [6.07, 6.45) is 0. The van der Waals surface area contributed by atoms with E-state index >= 15 is 0 Å². The van der Waals surface area contributed by atoms with Crippen molar-refractivity contribution in [3.63, 3.8) is 0 Å². The molecule has 0 aromatic carbocycles. The second-order valence-corrected chi connectivity index (χ2v) is 5.71. The zero-order valence-corrected chi connectivity index (χ0v) is 14.0. The molecule has 6 heteroatoms. The van der Waals surface area contributed by atoms with E-state index in [0.717, 1.165) is 0 Å². The molecule has 3 rings (SSSR count). The van der Waals surface area contributed by atoms with Crippen LogP contribution in [0.3, 0.4) is 0 Å². The summed E-state index contributed by atoms with van der Waals surface area (Å²) in [6, 6.07) is 9.63. The van der Waals surface area contributed by atoms with Crippen molar-refractivity contribution >= 4 is 17.3 Å². The second kappa shape index (κ2) is 6.39. The third-order valence-electron chi connectivity index (χ3n) is 3.77. The first-order valence-corrected chi connectivity index (χ1v) is 7.69. The fraction of sp³-hybridized carbons (Fsp3) is 0.211. The molecule has 0 aliphatic heterocycles. The van der Waals surface area contributed by atoms with E-state index in [4.69, 9.17) is 13.3 Å². The van der Waals surface area contributed by atoms with Gasteiger partial charge in [0.05, 0.1) is 0 Å². The molecule has 128 valence electrons. The molecule has 0 aliphatic carbocycles. The minimum absolute atomic E-state index is 0.205. The highest BCUT2D eigenvalue weighted by Gasteiger charge is 2.28. The Morgan fingerprint density at radius 1 is 0.600 bits per heavy atom. The molecule has 0 spiro atoms. The Hall–Kier alpha value is -3.15. The number of hydrogen-bond acceptors (Lipinski definition) is 6. The summed E-state index contributed by atoms with van der Waals surface area (Å²) in [5.41, 5.74) is 0. The van der Waals surface area contributed by atoms with Gasteiger partial charge in [0.2, 0.25) is 0 Å². The van der Waals surface area contributed by atoms with Crippen LogP contribution in [-0.2, 0) is 0 Å². The number of rotatable bonds is 6. The van der Waals surface area contributed by atoms with Crippen molar-refractivity contribution in [2.75, 3.05) is 0 Å². The molecule has 0 N–H and O–H groups in total. The van der Waals surface area contributed by atoms with E-state index in [0.29, 0.717) is 17.3 Å². The van der Waals surface area contributed by atoms with Gasteiger partial charge in [-0.1, -0.05) is 0 Å². The van der Waals surface area contributed by atoms with Crippen LogP contribution < -0.4 is 0 Å². The van der Waals surface area contributed by atoms with E-state index in [1.54, 1.807) is 36.4 Å². The monoisotopic (exact) mass is 340 g/mol. The third-order valence-corrected chi connectivity index (χ3v) is 3.77. The highest BCUT2D eigenvalue weighted by molar-refractivity contribution is 5.92. The lowest BCUT2D eigenvalue weighted by Gasteiger charge is -2.09. The molecule has 0 saturated heterocycles. The maximum absolute atomic E-state index is 11.5. The molecule has 0 radical (unpaired) electrons. The molecule has 0 saturated carbocycles. The maximum Gasteiger partial charge on any atom is 0.194 e. The predicted molar refractivity (Wildman–Crippen MR) is 87.1 cm³/mol. The van der Waals surface area contributed by atoms with Gasteiger partial charge in [-0.15, -0.1) is 0 Å². The average molecular weight is 340 g/mol. The van der Waals surface area contributed by atoms with Gasteiger partial charge < -0.3 is 13.3 Å². The molecular formula is C19H16O6. The van der Waals surface area contributed by atoms with E-state index in [2.05, 4.69) is 0 Å². The molecule has 3 heterocycles. The van der Waals surface area contributed by atoms with Crippen molar-refractivity contribution in [1.82, 2.24) is 0 Å². The van der Waals surface area contributed by atoms with Crippen LogP contribution in [-0.4, -0.2) is 17.3 Å². The summed E-state index contributed by atoms with van der Waals surface area (Å²) in [5.74, 6) is 0.616. The maximum atomic E-state index is 11.5. The topological polar surface area (TPSA) is 90.6 Å². The first kappa shape index (κ1) is 16.7. The van der Waals surface area contributed by atoms with Crippen LogP contribution in [0.25, 0.3) is 0 Å². The van der Waals surface area contributed by atoms with Crippen LogP contribution in [0, 0.1) is 0 Å². The largest absolute Gasteiger partial charge is 0.457 e. The van der Waals surface area contributed by atoms with Crippen molar-refractivity contribution in [3.05, 3.63) is 71.0 Å². The summed E-state index contributed by atoms with van der Waals surface area (Å²) in [7, 11) is 0. The predicted octanol–water partition coefficient (Wildman–Crippen LogP) is 4.25. The van der Waals surface area contributed by atoms with Gasteiger partial charge in [-0.05, 0) is 36.4 Å². The standard InChI is InChI=1S/C19H16O6/c1-10(20)13-4-7-16(23-13)19(17-8-5-14(24-17)11(2)21)18-9-6-15(25-18)12(3)22/h4-9,19H,1-3H3. The SMILES string of the molecule is CC(=O)c1ccc(C(c2ccc(C(C)=O)o2)c2ccc(C(C)=O)o2)o1. The van der Waals surface area contributed by atoms with Crippen LogP contribution >= 0.6 is 0 Å². The van der Waals surface area contributed by atoms with Gasteiger partial charge in [0.25, 0.3) is 0 Å². The number of Topliss-reactive ketones (excluding diaryl/α,β-unsaturated/α-hetero) is 3. The molecule has 3 aromatic rings. The Kier molecular flexibility index (Phi) is 4.27. The first-order chi connectivity index (χ1) is 11.9. The number of carbonyl (C=O) groups is 3. The van der Waals surface area contributed by atoms with Crippen LogP contribution in [0.15, 0.2) is 49.6 Å². The Morgan fingerprint density at radius 3 is 1.08 bits per heavy atom. The van der Waals surface area contributed by atoms with Crippen molar-refractivity contribution in [2.45, 2.75) is 26.7 Å². The molecule has 0 unspecified atom stereocenters. The number of hydrogen-bond donors (Lipinski definition) is 0. The van der Waals surface area contributed by atoms with Crippen LogP contribution in [0.2, 0.25) is 0 Å². The van der Waals surface area contributed by atoms with E-state index in [1.807, 2.05) is 0 Å².